The van der Waals surface area contributed by atoms with Crippen LogP contribution in [0.15, 0.2) is 22.8 Å². The summed E-state index contributed by atoms with van der Waals surface area (Å²) in [7, 11) is 1.38. The Morgan fingerprint density at radius 2 is 2.47 bits per heavy atom. The maximum Gasteiger partial charge on any atom is 0.330 e. The fraction of sp³-hybridized carbons (Fsp3) is 0.455. The van der Waals surface area contributed by atoms with Crippen LogP contribution in [0, 0.1) is 0 Å². The average Bonchev–Trinajstić information content (AvgIpc) is 2.39. The number of esters is 1. The van der Waals surface area contributed by atoms with Crippen molar-refractivity contribution in [1.29, 1.82) is 0 Å². The van der Waals surface area contributed by atoms with Crippen LogP contribution in [0.3, 0.4) is 0 Å². The summed E-state index contributed by atoms with van der Waals surface area (Å²) in [5, 5.41) is 0. The average molecular weight is 301 g/mol. The number of ether oxygens (including phenoxy) is 2. The number of carbonyl (C=O) groups is 1. The summed E-state index contributed by atoms with van der Waals surface area (Å²) >= 11 is 3.33. The molecule has 0 amide bonds. The van der Waals surface area contributed by atoms with Gasteiger partial charge in [0.1, 0.15) is 5.82 Å². The molecule has 1 aromatic heterocycles. The molecule has 6 heteroatoms. The van der Waals surface area contributed by atoms with E-state index in [1.165, 1.54) is 7.11 Å². The van der Waals surface area contributed by atoms with Crippen LogP contribution in [0.2, 0.25) is 0 Å². The third-order valence-corrected chi connectivity index (χ3v) is 3.08. The quantitative estimate of drug-likeness (QED) is 0.769. The lowest BCUT2D eigenvalue weighted by Gasteiger charge is -2.34. The van der Waals surface area contributed by atoms with Crippen LogP contribution >= 0.6 is 15.9 Å². The van der Waals surface area contributed by atoms with Gasteiger partial charge in [0.2, 0.25) is 0 Å². The summed E-state index contributed by atoms with van der Waals surface area (Å²) in [6.07, 6.45) is 1.71. The second-order valence-electron chi connectivity index (χ2n) is 3.64. The smallest absolute Gasteiger partial charge is 0.330 e. The topological polar surface area (TPSA) is 51.7 Å². The van der Waals surface area contributed by atoms with Gasteiger partial charge in [-0.05, 0) is 28.1 Å². The molecular weight excluding hydrogens is 288 g/mol. The summed E-state index contributed by atoms with van der Waals surface area (Å²) < 4.78 is 11.0. The second-order valence-corrected chi connectivity index (χ2v) is 4.56. The number of morpholine rings is 1. The molecule has 1 unspecified atom stereocenters. The van der Waals surface area contributed by atoms with Gasteiger partial charge in [-0.1, -0.05) is 0 Å². The third-order valence-electron chi connectivity index (χ3n) is 2.61. The molecule has 2 rings (SSSR count). The van der Waals surface area contributed by atoms with Crippen LogP contribution in [0.1, 0.15) is 0 Å². The lowest BCUT2D eigenvalue weighted by molar-refractivity contribution is -0.144. The van der Waals surface area contributed by atoms with Crippen molar-refractivity contribution in [3.8, 4) is 0 Å². The van der Waals surface area contributed by atoms with Gasteiger partial charge in [0.25, 0.3) is 0 Å². The van der Waals surface area contributed by atoms with E-state index in [9.17, 15) is 4.79 Å². The van der Waals surface area contributed by atoms with E-state index >= 15 is 0 Å². The van der Waals surface area contributed by atoms with Gasteiger partial charge in [0.15, 0.2) is 6.04 Å². The van der Waals surface area contributed by atoms with Gasteiger partial charge in [-0.15, -0.1) is 0 Å². The minimum atomic E-state index is -0.414. The van der Waals surface area contributed by atoms with E-state index in [2.05, 4.69) is 20.9 Å². The number of carbonyl (C=O) groups excluding carboxylic acids is 1. The van der Waals surface area contributed by atoms with E-state index in [4.69, 9.17) is 9.47 Å². The van der Waals surface area contributed by atoms with Gasteiger partial charge in [-0.25, -0.2) is 9.78 Å². The molecule has 1 aromatic rings. The van der Waals surface area contributed by atoms with Crippen molar-refractivity contribution in [3.05, 3.63) is 22.8 Å². The number of aromatic nitrogens is 1. The lowest BCUT2D eigenvalue weighted by atomic mass is 10.2. The highest BCUT2D eigenvalue weighted by Crippen LogP contribution is 2.19. The second kappa shape index (κ2) is 5.46. The first-order valence-corrected chi connectivity index (χ1v) is 6.05. The lowest BCUT2D eigenvalue weighted by Crippen LogP contribution is -2.50. The van der Waals surface area contributed by atoms with Crippen molar-refractivity contribution < 1.29 is 14.3 Å². The number of methoxy groups -OCH3 is 1. The minimum absolute atomic E-state index is 0.297. The summed E-state index contributed by atoms with van der Waals surface area (Å²) in [6.45, 7) is 1.56. The zero-order chi connectivity index (χ0) is 12.3. The Bertz CT molecular complexity index is 396. The molecule has 1 aliphatic rings. The highest BCUT2D eigenvalue weighted by atomic mass is 79.9. The molecule has 1 saturated heterocycles. The predicted molar refractivity (Wildman–Crippen MR) is 65.9 cm³/mol. The van der Waals surface area contributed by atoms with Gasteiger partial charge < -0.3 is 14.4 Å². The van der Waals surface area contributed by atoms with Gasteiger partial charge in [-0.2, -0.15) is 0 Å². The Hall–Kier alpha value is -1.14. The molecule has 1 atom stereocenters. The zero-order valence-electron chi connectivity index (χ0n) is 9.43. The van der Waals surface area contributed by atoms with E-state index in [0.29, 0.717) is 19.8 Å². The molecule has 5 nitrogen and oxygen atoms in total. The fourth-order valence-corrected chi connectivity index (χ4v) is 1.98. The Kier molecular flexibility index (Phi) is 3.96. The van der Waals surface area contributed by atoms with Crippen molar-refractivity contribution in [2.45, 2.75) is 6.04 Å². The van der Waals surface area contributed by atoms with Crippen molar-refractivity contribution in [3.63, 3.8) is 0 Å². The molecule has 1 aliphatic heterocycles. The van der Waals surface area contributed by atoms with Crippen LogP contribution in [-0.4, -0.2) is 43.9 Å². The first-order chi connectivity index (χ1) is 8.22. The number of anilines is 1. The first-order valence-electron chi connectivity index (χ1n) is 5.26. The summed E-state index contributed by atoms with van der Waals surface area (Å²) in [6, 6.07) is 3.35. The first kappa shape index (κ1) is 12.3. The SMILES string of the molecule is COC(=O)C1COCCN1c1ccc(Br)cn1. The normalized spacial score (nSPS) is 20.1. The van der Waals surface area contributed by atoms with Crippen molar-refractivity contribution in [2.24, 2.45) is 0 Å². The standard InChI is InChI=1S/C11H13BrN2O3/c1-16-11(15)9-7-17-5-4-14(9)10-3-2-8(12)6-13-10/h2-3,6,9H,4-5,7H2,1H3. The van der Waals surface area contributed by atoms with Gasteiger partial charge >= 0.3 is 5.97 Å². The molecule has 17 heavy (non-hydrogen) atoms. The molecule has 0 bridgehead atoms. The summed E-state index contributed by atoms with van der Waals surface area (Å²) in [4.78, 5) is 17.8. The van der Waals surface area contributed by atoms with E-state index in [1.807, 2.05) is 17.0 Å². The molecule has 0 saturated carbocycles. The number of halogens is 1. The molecule has 1 fully saturated rings. The van der Waals surface area contributed by atoms with Gasteiger partial charge in [0.05, 0.1) is 20.3 Å². The fourth-order valence-electron chi connectivity index (χ4n) is 1.75. The Labute approximate surface area is 108 Å². The Morgan fingerprint density at radius 3 is 3.12 bits per heavy atom. The molecule has 0 aliphatic carbocycles. The monoisotopic (exact) mass is 300 g/mol. The number of nitrogens with zero attached hydrogens (tertiary/aromatic N) is 2. The van der Waals surface area contributed by atoms with Crippen molar-refractivity contribution in [1.82, 2.24) is 4.98 Å². The van der Waals surface area contributed by atoms with E-state index in [-0.39, 0.29) is 5.97 Å². The van der Waals surface area contributed by atoms with Crippen molar-refractivity contribution in [2.75, 3.05) is 31.8 Å². The number of hydrogen-bond acceptors (Lipinski definition) is 5. The molecule has 0 radical (unpaired) electrons. The number of rotatable bonds is 2. The number of pyridine rings is 1. The molecule has 0 N–H and O–H groups in total. The van der Waals surface area contributed by atoms with Crippen LogP contribution in [0.25, 0.3) is 0 Å². The Morgan fingerprint density at radius 1 is 1.65 bits per heavy atom. The molecule has 2 heterocycles. The number of hydrogen-bond donors (Lipinski definition) is 0. The zero-order valence-corrected chi connectivity index (χ0v) is 11.0. The maximum atomic E-state index is 11.6. The largest absolute Gasteiger partial charge is 0.467 e. The molecule has 0 aromatic carbocycles. The summed E-state index contributed by atoms with van der Waals surface area (Å²) in [5.41, 5.74) is 0. The predicted octanol–water partition coefficient (Wildman–Crippen LogP) is 1.22. The highest BCUT2D eigenvalue weighted by molar-refractivity contribution is 9.10. The molecular formula is C11H13BrN2O3. The van der Waals surface area contributed by atoms with E-state index in [1.54, 1.807) is 6.20 Å². The minimum Gasteiger partial charge on any atom is -0.467 e. The van der Waals surface area contributed by atoms with E-state index in [0.717, 1.165) is 10.3 Å². The van der Waals surface area contributed by atoms with Crippen LogP contribution in [0.4, 0.5) is 5.82 Å². The molecule has 92 valence electrons. The Balaban J connectivity index is 2.21. The highest BCUT2D eigenvalue weighted by Gasteiger charge is 2.31. The van der Waals surface area contributed by atoms with Crippen LogP contribution in [-0.2, 0) is 14.3 Å². The van der Waals surface area contributed by atoms with Gasteiger partial charge in [-0.3, -0.25) is 0 Å². The maximum absolute atomic E-state index is 11.6. The third kappa shape index (κ3) is 2.76. The van der Waals surface area contributed by atoms with Crippen LogP contribution < -0.4 is 4.90 Å². The van der Waals surface area contributed by atoms with E-state index < -0.39 is 6.04 Å². The van der Waals surface area contributed by atoms with Crippen molar-refractivity contribution >= 4 is 27.7 Å². The van der Waals surface area contributed by atoms with Gasteiger partial charge in [0, 0.05) is 17.2 Å². The summed E-state index contributed by atoms with van der Waals surface area (Å²) in [5.74, 6) is 0.460. The van der Waals surface area contributed by atoms with Crippen LogP contribution in [0.5, 0.6) is 0 Å². The molecule has 0 spiro atoms.